The Morgan fingerprint density at radius 3 is 2.65 bits per heavy atom. The number of ether oxygens (including phenoxy) is 1. The maximum Gasteiger partial charge on any atom is 0.128 e. The summed E-state index contributed by atoms with van der Waals surface area (Å²) in [6.45, 7) is 6.15. The molecule has 94 valence electrons. The van der Waals surface area contributed by atoms with Crippen molar-refractivity contribution in [1.29, 1.82) is 0 Å². The van der Waals surface area contributed by atoms with E-state index in [1.54, 1.807) is 0 Å². The number of benzene rings is 1. The van der Waals surface area contributed by atoms with E-state index in [0.717, 1.165) is 24.2 Å². The molecular weight excluding hydrogens is 214 g/mol. The molecular formula is C14H21NO2. The Morgan fingerprint density at radius 1 is 1.35 bits per heavy atom. The Hall–Kier alpha value is -1.51. The van der Waals surface area contributed by atoms with E-state index in [2.05, 4.69) is 19.0 Å². The van der Waals surface area contributed by atoms with Gasteiger partial charge in [0.1, 0.15) is 5.75 Å². The number of rotatable bonds is 6. The fourth-order valence-electron chi connectivity index (χ4n) is 1.81. The SMILES string of the molecule is CCCC(C)Oc1ccccc1/C(CC)=N/O. The lowest BCUT2D eigenvalue weighted by atomic mass is 10.1. The molecule has 1 aromatic carbocycles. The van der Waals surface area contributed by atoms with E-state index < -0.39 is 0 Å². The highest BCUT2D eigenvalue weighted by Gasteiger charge is 2.11. The van der Waals surface area contributed by atoms with Gasteiger partial charge in [0.05, 0.1) is 11.8 Å². The summed E-state index contributed by atoms with van der Waals surface area (Å²) in [4.78, 5) is 0. The van der Waals surface area contributed by atoms with Gasteiger partial charge < -0.3 is 9.94 Å². The molecule has 0 bridgehead atoms. The van der Waals surface area contributed by atoms with E-state index in [0.29, 0.717) is 12.1 Å². The first-order valence-corrected chi connectivity index (χ1v) is 6.19. The van der Waals surface area contributed by atoms with Gasteiger partial charge in [-0.15, -0.1) is 0 Å². The third kappa shape index (κ3) is 3.77. The van der Waals surface area contributed by atoms with Gasteiger partial charge in [-0.2, -0.15) is 0 Å². The molecule has 1 unspecified atom stereocenters. The zero-order chi connectivity index (χ0) is 12.7. The fourth-order valence-corrected chi connectivity index (χ4v) is 1.81. The Labute approximate surface area is 103 Å². The molecule has 0 radical (unpaired) electrons. The summed E-state index contributed by atoms with van der Waals surface area (Å²) >= 11 is 0. The summed E-state index contributed by atoms with van der Waals surface area (Å²) in [5.41, 5.74) is 1.53. The van der Waals surface area contributed by atoms with Gasteiger partial charge in [-0.1, -0.05) is 37.6 Å². The third-order valence-electron chi connectivity index (χ3n) is 2.68. The van der Waals surface area contributed by atoms with Crippen LogP contribution in [-0.4, -0.2) is 17.0 Å². The zero-order valence-electron chi connectivity index (χ0n) is 10.8. The maximum absolute atomic E-state index is 8.97. The Morgan fingerprint density at radius 2 is 2.06 bits per heavy atom. The lowest BCUT2D eigenvalue weighted by Crippen LogP contribution is -2.13. The van der Waals surface area contributed by atoms with Crippen LogP contribution in [0.15, 0.2) is 29.4 Å². The van der Waals surface area contributed by atoms with Gasteiger partial charge in [0, 0.05) is 5.56 Å². The van der Waals surface area contributed by atoms with Crippen LogP contribution in [-0.2, 0) is 0 Å². The van der Waals surface area contributed by atoms with Crippen LogP contribution in [0.2, 0.25) is 0 Å². The zero-order valence-corrected chi connectivity index (χ0v) is 10.8. The molecule has 0 fully saturated rings. The average Bonchev–Trinajstić information content (AvgIpc) is 2.33. The Balaban J connectivity index is 2.92. The molecule has 0 saturated heterocycles. The molecule has 17 heavy (non-hydrogen) atoms. The van der Waals surface area contributed by atoms with Crippen molar-refractivity contribution >= 4 is 5.71 Å². The van der Waals surface area contributed by atoms with Crippen LogP contribution in [0, 0.1) is 0 Å². The van der Waals surface area contributed by atoms with E-state index in [4.69, 9.17) is 9.94 Å². The highest BCUT2D eigenvalue weighted by atomic mass is 16.5. The lowest BCUT2D eigenvalue weighted by Gasteiger charge is -2.17. The van der Waals surface area contributed by atoms with Crippen LogP contribution in [0.3, 0.4) is 0 Å². The quantitative estimate of drug-likeness (QED) is 0.462. The van der Waals surface area contributed by atoms with Gasteiger partial charge >= 0.3 is 0 Å². The summed E-state index contributed by atoms with van der Waals surface area (Å²) in [5, 5.41) is 12.3. The first-order valence-electron chi connectivity index (χ1n) is 6.19. The largest absolute Gasteiger partial charge is 0.490 e. The van der Waals surface area contributed by atoms with E-state index >= 15 is 0 Å². The minimum atomic E-state index is 0.179. The van der Waals surface area contributed by atoms with Gasteiger partial charge in [0.25, 0.3) is 0 Å². The molecule has 0 aliphatic rings. The average molecular weight is 235 g/mol. The van der Waals surface area contributed by atoms with Crippen molar-refractivity contribution in [3.63, 3.8) is 0 Å². The van der Waals surface area contributed by atoms with Crippen molar-refractivity contribution in [2.24, 2.45) is 5.16 Å². The van der Waals surface area contributed by atoms with Crippen molar-refractivity contribution in [2.45, 2.75) is 46.1 Å². The molecule has 1 atom stereocenters. The normalized spacial score (nSPS) is 13.5. The van der Waals surface area contributed by atoms with Crippen LogP contribution < -0.4 is 4.74 Å². The number of hydrogen-bond acceptors (Lipinski definition) is 3. The van der Waals surface area contributed by atoms with Gasteiger partial charge in [-0.25, -0.2) is 0 Å². The minimum absolute atomic E-state index is 0.179. The summed E-state index contributed by atoms with van der Waals surface area (Å²) in [6, 6.07) is 7.70. The second-order valence-electron chi connectivity index (χ2n) is 4.11. The molecule has 0 saturated carbocycles. The van der Waals surface area contributed by atoms with E-state index in [-0.39, 0.29) is 6.10 Å². The van der Waals surface area contributed by atoms with Crippen LogP contribution in [0.1, 0.15) is 45.6 Å². The minimum Gasteiger partial charge on any atom is -0.490 e. The van der Waals surface area contributed by atoms with Crippen molar-refractivity contribution in [1.82, 2.24) is 0 Å². The molecule has 0 aliphatic carbocycles. The van der Waals surface area contributed by atoms with Gasteiger partial charge in [-0.3, -0.25) is 0 Å². The summed E-state index contributed by atoms with van der Waals surface area (Å²) in [6.07, 6.45) is 2.97. The van der Waals surface area contributed by atoms with Crippen LogP contribution in [0.5, 0.6) is 5.75 Å². The van der Waals surface area contributed by atoms with Gasteiger partial charge in [0.15, 0.2) is 0 Å². The fraction of sp³-hybridized carbons (Fsp3) is 0.500. The predicted octanol–water partition coefficient (Wildman–Crippen LogP) is 3.84. The van der Waals surface area contributed by atoms with Crippen molar-refractivity contribution in [3.05, 3.63) is 29.8 Å². The summed E-state index contributed by atoms with van der Waals surface area (Å²) in [5.74, 6) is 0.795. The summed E-state index contributed by atoms with van der Waals surface area (Å²) in [7, 11) is 0. The van der Waals surface area contributed by atoms with E-state index in [1.165, 1.54) is 0 Å². The molecule has 3 heteroatoms. The molecule has 1 N–H and O–H groups in total. The number of nitrogens with zero attached hydrogens (tertiary/aromatic N) is 1. The lowest BCUT2D eigenvalue weighted by molar-refractivity contribution is 0.209. The highest BCUT2D eigenvalue weighted by molar-refractivity contribution is 6.02. The van der Waals surface area contributed by atoms with E-state index in [9.17, 15) is 0 Å². The summed E-state index contributed by atoms with van der Waals surface area (Å²) < 4.78 is 5.88. The predicted molar refractivity (Wildman–Crippen MR) is 70.1 cm³/mol. The molecule has 3 nitrogen and oxygen atoms in total. The number of oxime groups is 1. The second kappa shape index (κ2) is 6.94. The Bertz CT molecular complexity index is 374. The molecule has 1 aromatic rings. The van der Waals surface area contributed by atoms with Gasteiger partial charge in [0.2, 0.25) is 0 Å². The third-order valence-corrected chi connectivity index (χ3v) is 2.68. The van der Waals surface area contributed by atoms with E-state index in [1.807, 2.05) is 31.2 Å². The smallest absolute Gasteiger partial charge is 0.128 e. The topological polar surface area (TPSA) is 41.8 Å². The van der Waals surface area contributed by atoms with Crippen molar-refractivity contribution in [3.8, 4) is 5.75 Å². The molecule has 0 amide bonds. The van der Waals surface area contributed by atoms with Crippen molar-refractivity contribution in [2.75, 3.05) is 0 Å². The standard InChI is InChI=1S/C14H21NO2/c1-4-8-11(3)17-14-10-7-6-9-12(14)13(5-2)15-16/h6-7,9-11,16H,4-5,8H2,1-3H3/b15-13+. The monoisotopic (exact) mass is 235 g/mol. The van der Waals surface area contributed by atoms with Crippen LogP contribution >= 0.6 is 0 Å². The van der Waals surface area contributed by atoms with Gasteiger partial charge in [-0.05, 0) is 31.9 Å². The van der Waals surface area contributed by atoms with Crippen LogP contribution in [0.25, 0.3) is 0 Å². The maximum atomic E-state index is 8.97. The molecule has 0 aromatic heterocycles. The molecule has 0 spiro atoms. The first-order chi connectivity index (χ1) is 8.22. The number of hydrogen-bond donors (Lipinski definition) is 1. The van der Waals surface area contributed by atoms with Crippen molar-refractivity contribution < 1.29 is 9.94 Å². The van der Waals surface area contributed by atoms with Crippen LogP contribution in [0.4, 0.5) is 0 Å². The number of para-hydroxylation sites is 1. The molecule has 1 rings (SSSR count). The highest BCUT2D eigenvalue weighted by Crippen LogP contribution is 2.22. The second-order valence-corrected chi connectivity index (χ2v) is 4.11. The first kappa shape index (κ1) is 13.6. The molecule has 0 heterocycles. The molecule has 0 aliphatic heterocycles. The Kier molecular flexibility index (Phi) is 5.53.